The molecule has 2 rings (SSSR count). The highest BCUT2D eigenvalue weighted by molar-refractivity contribution is 5.50. The van der Waals surface area contributed by atoms with Crippen LogP contribution in [0, 0.1) is 0 Å². The summed E-state index contributed by atoms with van der Waals surface area (Å²) in [7, 11) is 3.94. The van der Waals surface area contributed by atoms with Crippen LogP contribution in [0.3, 0.4) is 0 Å². The molecule has 0 aliphatic carbocycles. The normalized spacial score (nSPS) is 25.0. The van der Waals surface area contributed by atoms with Crippen molar-refractivity contribution in [1.29, 1.82) is 0 Å². The van der Waals surface area contributed by atoms with E-state index in [4.69, 9.17) is 9.84 Å². The van der Waals surface area contributed by atoms with Crippen LogP contribution in [0.2, 0.25) is 0 Å². The summed E-state index contributed by atoms with van der Waals surface area (Å²) in [5, 5.41) is 8.84. The van der Waals surface area contributed by atoms with Gasteiger partial charge < -0.3 is 14.7 Å². The van der Waals surface area contributed by atoms with Crippen molar-refractivity contribution in [2.24, 2.45) is 0 Å². The minimum absolute atomic E-state index is 0.0825. The van der Waals surface area contributed by atoms with Crippen LogP contribution >= 0.6 is 0 Å². The molecule has 104 valence electrons. The molecule has 1 aromatic rings. The summed E-state index contributed by atoms with van der Waals surface area (Å²) in [5.41, 5.74) is 2.47. The number of benzene rings is 1. The third kappa shape index (κ3) is 3.66. The minimum atomic E-state index is 0.0825. The summed E-state index contributed by atoms with van der Waals surface area (Å²) in [6.45, 7) is 2.18. The molecular formula is C16H23NO2. The molecule has 1 aromatic carbocycles. The highest BCUT2D eigenvalue weighted by Gasteiger charge is 2.28. The van der Waals surface area contributed by atoms with Crippen LogP contribution < -0.4 is 0 Å². The summed E-state index contributed by atoms with van der Waals surface area (Å²) < 4.78 is 5.65. The number of aliphatic hydroxyl groups is 1. The fraction of sp³-hybridized carbons (Fsp3) is 0.500. The average Bonchev–Trinajstić information content (AvgIpc) is 2.45. The predicted molar refractivity (Wildman–Crippen MR) is 78.2 cm³/mol. The molecule has 3 heteroatoms. The maximum Gasteiger partial charge on any atom is 0.0766 e. The average molecular weight is 261 g/mol. The Bertz CT molecular complexity index is 431. The standard InChI is InChI=1S/C16H23NO2/c1-17-9-8-15(16(12-17)19-2)14-7-3-5-13(11-14)6-4-10-18/h3-7,11,15-16,18H,8-10,12H2,1-2H3/t15-,16+/m1/s1. The highest BCUT2D eigenvalue weighted by Crippen LogP contribution is 2.30. The summed E-state index contributed by atoms with van der Waals surface area (Å²) in [6, 6.07) is 8.52. The molecule has 3 nitrogen and oxygen atoms in total. The molecule has 0 radical (unpaired) electrons. The van der Waals surface area contributed by atoms with Crippen LogP contribution in [0.4, 0.5) is 0 Å². The van der Waals surface area contributed by atoms with Crippen LogP contribution in [-0.4, -0.2) is 50.0 Å². The van der Waals surface area contributed by atoms with Gasteiger partial charge >= 0.3 is 0 Å². The number of ether oxygens (including phenoxy) is 1. The smallest absolute Gasteiger partial charge is 0.0766 e. The molecule has 0 unspecified atom stereocenters. The topological polar surface area (TPSA) is 32.7 Å². The molecular weight excluding hydrogens is 238 g/mol. The molecule has 1 aliphatic rings. The summed E-state index contributed by atoms with van der Waals surface area (Å²) >= 11 is 0. The van der Waals surface area contributed by atoms with E-state index in [9.17, 15) is 0 Å². The van der Waals surface area contributed by atoms with Crippen LogP contribution in [-0.2, 0) is 4.74 Å². The first-order valence-electron chi connectivity index (χ1n) is 6.83. The number of nitrogens with zero attached hydrogens (tertiary/aromatic N) is 1. The number of methoxy groups -OCH3 is 1. The third-order valence-electron chi connectivity index (χ3n) is 3.82. The van der Waals surface area contributed by atoms with Crippen molar-refractivity contribution >= 4 is 6.08 Å². The van der Waals surface area contributed by atoms with Gasteiger partial charge in [-0.05, 0) is 31.1 Å². The molecule has 0 spiro atoms. The molecule has 19 heavy (non-hydrogen) atoms. The first-order valence-corrected chi connectivity index (χ1v) is 6.83. The molecule has 1 saturated heterocycles. The molecule has 1 aliphatic heterocycles. The van der Waals surface area contributed by atoms with Crippen molar-refractivity contribution in [3.8, 4) is 0 Å². The van der Waals surface area contributed by atoms with Crippen molar-refractivity contribution in [1.82, 2.24) is 4.90 Å². The van der Waals surface area contributed by atoms with E-state index in [0.29, 0.717) is 5.92 Å². The van der Waals surface area contributed by atoms with E-state index >= 15 is 0 Å². The second kappa shape index (κ2) is 6.85. The van der Waals surface area contributed by atoms with Crippen LogP contribution in [0.1, 0.15) is 23.5 Å². The van der Waals surface area contributed by atoms with E-state index in [1.807, 2.05) is 6.08 Å². The number of piperidine rings is 1. The van der Waals surface area contributed by atoms with Gasteiger partial charge in [-0.25, -0.2) is 0 Å². The number of likely N-dealkylation sites (N-methyl/N-ethyl adjacent to an activating group) is 1. The maximum absolute atomic E-state index is 8.84. The van der Waals surface area contributed by atoms with E-state index < -0.39 is 0 Å². The fourth-order valence-corrected chi connectivity index (χ4v) is 2.77. The Morgan fingerprint density at radius 1 is 1.47 bits per heavy atom. The van der Waals surface area contributed by atoms with Crippen LogP contribution in [0.5, 0.6) is 0 Å². The molecule has 1 N–H and O–H groups in total. The van der Waals surface area contributed by atoms with Gasteiger partial charge in [0.05, 0.1) is 12.7 Å². The fourth-order valence-electron chi connectivity index (χ4n) is 2.77. The van der Waals surface area contributed by atoms with Gasteiger partial charge in [0.25, 0.3) is 0 Å². The molecule has 1 fully saturated rings. The van der Waals surface area contributed by atoms with E-state index in [1.54, 1.807) is 13.2 Å². The minimum Gasteiger partial charge on any atom is -0.392 e. The summed E-state index contributed by atoms with van der Waals surface area (Å²) in [4.78, 5) is 2.32. The van der Waals surface area contributed by atoms with E-state index in [-0.39, 0.29) is 12.7 Å². The zero-order valence-electron chi connectivity index (χ0n) is 11.7. The van der Waals surface area contributed by atoms with Crippen molar-refractivity contribution in [3.05, 3.63) is 41.5 Å². The quantitative estimate of drug-likeness (QED) is 0.901. The number of hydrogen-bond donors (Lipinski definition) is 1. The zero-order chi connectivity index (χ0) is 13.7. The van der Waals surface area contributed by atoms with Gasteiger partial charge in [-0.1, -0.05) is 36.4 Å². The van der Waals surface area contributed by atoms with E-state index in [0.717, 1.165) is 25.1 Å². The summed E-state index contributed by atoms with van der Waals surface area (Å²) in [5.74, 6) is 0.462. The van der Waals surface area contributed by atoms with Gasteiger partial charge in [-0.3, -0.25) is 0 Å². The van der Waals surface area contributed by atoms with Gasteiger partial charge in [-0.2, -0.15) is 0 Å². The Morgan fingerprint density at radius 3 is 3.05 bits per heavy atom. The number of aliphatic hydroxyl groups excluding tert-OH is 1. The summed E-state index contributed by atoms with van der Waals surface area (Å²) in [6.07, 6.45) is 5.11. The molecule has 0 bridgehead atoms. The van der Waals surface area contributed by atoms with E-state index in [2.05, 4.69) is 36.2 Å². The molecule has 0 saturated carbocycles. The Hall–Kier alpha value is -1.16. The van der Waals surface area contributed by atoms with Gasteiger partial charge in [0.15, 0.2) is 0 Å². The third-order valence-corrected chi connectivity index (χ3v) is 3.82. The molecule has 0 amide bonds. The Kier molecular flexibility index (Phi) is 5.14. The second-order valence-electron chi connectivity index (χ2n) is 5.19. The van der Waals surface area contributed by atoms with Gasteiger partial charge in [0.1, 0.15) is 0 Å². The largest absolute Gasteiger partial charge is 0.392 e. The second-order valence-corrected chi connectivity index (χ2v) is 5.19. The predicted octanol–water partition coefficient (Wildman–Crippen LogP) is 2.13. The first kappa shape index (κ1) is 14.3. The Balaban J connectivity index is 2.18. The van der Waals surface area contributed by atoms with Gasteiger partial charge in [0.2, 0.25) is 0 Å². The lowest BCUT2D eigenvalue weighted by Crippen LogP contribution is -2.41. The Morgan fingerprint density at radius 2 is 2.32 bits per heavy atom. The number of rotatable bonds is 4. The lowest BCUT2D eigenvalue weighted by molar-refractivity contribution is 0.0233. The lowest BCUT2D eigenvalue weighted by Gasteiger charge is -2.36. The van der Waals surface area contributed by atoms with E-state index in [1.165, 1.54) is 5.56 Å². The zero-order valence-corrected chi connectivity index (χ0v) is 11.7. The van der Waals surface area contributed by atoms with Crippen molar-refractivity contribution in [3.63, 3.8) is 0 Å². The van der Waals surface area contributed by atoms with Crippen LogP contribution in [0.25, 0.3) is 6.08 Å². The highest BCUT2D eigenvalue weighted by atomic mass is 16.5. The van der Waals surface area contributed by atoms with Gasteiger partial charge in [0, 0.05) is 19.6 Å². The van der Waals surface area contributed by atoms with Crippen molar-refractivity contribution < 1.29 is 9.84 Å². The molecule has 0 aromatic heterocycles. The number of likely N-dealkylation sites (tertiary alicyclic amines) is 1. The molecule has 2 atom stereocenters. The maximum atomic E-state index is 8.84. The SMILES string of the molecule is CO[C@H]1CN(C)CC[C@@H]1c1cccc(C=CCO)c1. The number of hydrogen-bond acceptors (Lipinski definition) is 3. The van der Waals surface area contributed by atoms with Gasteiger partial charge in [-0.15, -0.1) is 0 Å². The monoisotopic (exact) mass is 261 g/mol. The molecule has 1 heterocycles. The Labute approximate surface area is 115 Å². The lowest BCUT2D eigenvalue weighted by atomic mass is 9.86. The van der Waals surface area contributed by atoms with Crippen LogP contribution in [0.15, 0.2) is 30.3 Å². The first-order chi connectivity index (χ1) is 9.24. The van der Waals surface area contributed by atoms with Crippen molar-refractivity contribution in [2.75, 3.05) is 33.9 Å². The van der Waals surface area contributed by atoms with Crippen molar-refractivity contribution in [2.45, 2.75) is 18.4 Å².